The van der Waals surface area contributed by atoms with Crippen LogP contribution in [0.3, 0.4) is 0 Å². The van der Waals surface area contributed by atoms with Crippen LogP contribution in [0.25, 0.3) is 0 Å². The van der Waals surface area contributed by atoms with Crippen molar-refractivity contribution in [1.29, 1.82) is 0 Å². The smallest absolute Gasteiger partial charge is 0.377 e. The van der Waals surface area contributed by atoms with Crippen molar-refractivity contribution in [3.8, 4) is 0 Å². The highest BCUT2D eigenvalue weighted by Crippen LogP contribution is 2.22. The fourth-order valence-corrected chi connectivity index (χ4v) is 5.12. The van der Waals surface area contributed by atoms with Gasteiger partial charge >= 0.3 is 8.80 Å². The largest absolute Gasteiger partial charge is 0.500 e. The zero-order valence-electron chi connectivity index (χ0n) is 12.9. The molecule has 0 aliphatic rings. The summed E-state index contributed by atoms with van der Waals surface area (Å²) in [4.78, 5) is 0. The molecular formula is C15H26O3SSi. The summed E-state index contributed by atoms with van der Waals surface area (Å²) in [7, 11) is 2.64. The molecule has 0 saturated heterocycles. The summed E-state index contributed by atoms with van der Waals surface area (Å²) in [5.41, 5.74) is 1.41. The van der Waals surface area contributed by atoms with Gasteiger partial charge in [-0.25, -0.2) is 0 Å². The highest BCUT2D eigenvalue weighted by molar-refractivity contribution is 7.99. The third-order valence-electron chi connectivity index (χ3n) is 3.44. The molecule has 114 valence electrons. The molecule has 0 bridgehead atoms. The lowest BCUT2D eigenvalue weighted by atomic mass is 10.0. The van der Waals surface area contributed by atoms with Crippen molar-refractivity contribution in [3.05, 3.63) is 35.9 Å². The molecule has 0 spiro atoms. The molecule has 0 N–H and O–H groups in total. The first kappa shape index (κ1) is 17.7. The van der Waals surface area contributed by atoms with E-state index in [4.69, 9.17) is 13.3 Å². The maximum Gasteiger partial charge on any atom is 0.500 e. The van der Waals surface area contributed by atoms with E-state index in [0.717, 1.165) is 24.0 Å². The molecule has 1 aromatic carbocycles. The van der Waals surface area contributed by atoms with Gasteiger partial charge < -0.3 is 13.3 Å². The predicted octanol–water partition coefficient (Wildman–Crippen LogP) is 3.79. The second-order valence-electron chi connectivity index (χ2n) is 4.79. The van der Waals surface area contributed by atoms with E-state index in [1.807, 2.05) is 11.8 Å². The van der Waals surface area contributed by atoms with Crippen molar-refractivity contribution in [3.63, 3.8) is 0 Å². The fourth-order valence-electron chi connectivity index (χ4n) is 2.08. The first-order valence-electron chi connectivity index (χ1n) is 6.95. The van der Waals surface area contributed by atoms with Gasteiger partial charge in [0, 0.05) is 27.4 Å². The summed E-state index contributed by atoms with van der Waals surface area (Å²) < 4.78 is 16.3. The predicted molar refractivity (Wildman–Crippen MR) is 88.4 cm³/mol. The van der Waals surface area contributed by atoms with Crippen LogP contribution in [-0.4, -0.2) is 41.6 Å². The summed E-state index contributed by atoms with van der Waals surface area (Å²) in [6, 6.07) is 11.5. The summed E-state index contributed by atoms with van der Waals surface area (Å²) >= 11 is 1.98. The number of hydrogen-bond donors (Lipinski definition) is 0. The van der Waals surface area contributed by atoms with E-state index in [2.05, 4.69) is 37.3 Å². The van der Waals surface area contributed by atoms with Gasteiger partial charge in [-0.15, -0.1) is 0 Å². The van der Waals surface area contributed by atoms with Crippen molar-refractivity contribution in [2.24, 2.45) is 0 Å². The zero-order chi connectivity index (χ0) is 14.8. The van der Waals surface area contributed by atoms with Gasteiger partial charge in [-0.2, -0.15) is 11.8 Å². The van der Waals surface area contributed by atoms with Gasteiger partial charge in [-0.05, 0) is 29.4 Å². The third-order valence-corrected chi connectivity index (χ3v) is 7.59. The van der Waals surface area contributed by atoms with Crippen LogP contribution in [0.1, 0.15) is 24.8 Å². The lowest BCUT2D eigenvalue weighted by Gasteiger charge is -2.24. The number of rotatable bonds is 10. The molecular weight excluding hydrogens is 288 g/mol. The van der Waals surface area contributed by atoms with Gasteiger partial charge in [0.15, 0.2) is 0 Å². The molecule has 0 aliphatic carbocycles. The topological polar surface area (TPSA) is 27.7 Å². The minimum absolute atomic E-state index is 0.593. The molecule has 0 saturated carbocycles. The Bertz CT molecular complexity index is 349. The van der Waals surface area contributed by atoms with E-state index in [9.17, 15) is 0 Å². The number of thioether (sulfide) groups is 1. The quantitative estimate of drug-likeness (QED) is 0.485. The van der Waals surface area contributed by atoms with Crippen LogP contribution >= 0.6 is 11.8 Å². The highest BCUT2D eigenvalue weighted by Gasteiger charge is 2.36. The molecule has 1 atom stereocenters. The summed E-state index contributed by atoms with van der Waals surface area (Å²) in [5.74, 6) is 2.85. The van der Waals surface area contributed by atoms with E-state index in [1.165, 1.54) is 5.56 Å². The molecule has 3 nitrogen and oxygen atoms in total. The van der Waals surface area contributed by atoms with Crippen LogP contribution < -0.4 is 0 Å². The van der Waals surface area contributed by atoms with E-state index < -0.39 is 8.80 Å². The lowest BCUT2D eigenvalue weighted by Crippen LogP contribution is -2.42. The van der Waals surface area contributed by atoms with Crippen molar-refractivity contribution >= 4 is 20.6 Å². The normalized spacial score (nSPS) is 13.4. The van der Waals surface area contributed by atoms with Crippen molar-refractivity contribution in [1.82, 2.24) is 0 Å². The Hall–Kier alpha value is -0.333. The van der Waals surface area contributed by atoms with Gasteiger partial charge in [0.1, 0.15) is 0 Å². The lowest BCUT2D eigenvalue weighted by molar-refractivity contribution is 0.123. The molecule has 1 unspecified atom stereocenters. The Kier molecular flexibility index (Phi) is 8.48. The van der Waals surface area contributed by atoms with Crippen molar-refractivity contribution in [2.75, 3.05) is 32.8 Å². The Labute approximate surface area is 128 Å². The molecule has 0 aliphatic heterocycles. The van der Waals surface area contributed by atoms with Gasteiger partial charge in [0.25, 0.3) is 0 Å². The van der Waals surface area contributed by atoms with Crippen molar-refractivity contribution in [2.45, 2.75) is 25.3 Å². The van der Waals surface area contributed by atoms with Crippen LogP contribution in [0.5, 0.6) is 0 Å². The fraction of sp³-hybridized carbons (Fsp3) is 0.600. The minimum Gasteiger partial charge on any atom is -0.377 e. The van der Waals surface area contributed by atoms with Crippen LogP contribution in [-0.2, 0) is 13.3 Å². The highest BCUT2D eigenvalue weighted by atomic mass is 32.2. The Morgan fingerprint density at radius 1 is 1.05 bits per heavy atom. The molecule has 0 radical (unpaired) electrons. The molecule has 0 aromatic heterocycles. The van der Waals surface area contributed by atoms with Crippen LogP contribution in [0, 0.1) is 0 Å². The molecule has 20 heavy (non-hydrogen) atoms. The summed E-state index contributed by atoms with van der Waals surface area (Å²) in [6.07, 6.45) is 1.06. The minimum atomic E-state index is -2.37. The molecule has 0 heterocycles. The first-order valence-corrected chi connectivity index (χ1v) is 10.0. The van der Waals surface area contributed by atoms with Gasteiger partial charge in [0.05, 0.1) is 0 Å². The van der Waals surface area contributed by atoms with Crippen LogP contribution in [0.4, 0.5) is 0 Å². The number of benzene rings is 1. The second kappa shape index (κ2) is 9.58. The van der Waals surface area contributed by atoms with Gasteiger partial charge in [-0.1, -0.05) is 37.3 Å². The first-order chi connectivity index (χ1) is 9.67. The van der Waals surface area contributed by atoms with E-state index >= 15 is 0 Å². The average molecular weight is 315 g/mol. The number of hydrogen-bond acceptors (Lipinski definition) is 4. The molecule has 1 rings (SSSR count). The Balaban J connectivity index is 2.22. The van der Waals surface area contributed by atoms with Crippen LogP contribution in [0.15, 0.2) is 30.3 Å². The van der Waals surface area contributed by atoms with E-state index in [-0.39, 0.29) is 0 Å². The average Bonchev–Trinajstić information content (AvgIpc) is 2.52. The monoisotopic (exact) mass is 314 g/mol. The Morgan fingerprint density at radius 3 is 2.20 bits per heavy atom. The van der Waals surface area contributed by atoms with E-state index in [1.54, 1.807) is 21.3 Å². The molecule has 5 heteroatoms. The maximum absolute atomic E-state index is 5.42. The second-order valence-corrected chi connectivity index (χ2v) is 9.03. The summed E-state index contributed by atoms with van der Waals surface area (Å²) in [5, 5.41) is 0. The standard InChI is InChI=1S/C15H26O3SSi/c1-14(15-9-6-5-7-10-15)13-19-11-8-12-20(16-2,17-3)18-4/h5-7,9-10,14H,8,11-13H2,1-4H3. The zero-order valence-corrected chi connectivity index (χ0v) is 14.7. The van der Waals surface area contributed by atoms with E-state index in [0.29, 0.717) is 5.92 Å². The third kappa shape index (κ3) is 5.58. The van der Waals surface area contributed by atoms with Crippen LogP contribution in [0.2, 0.25) is 6.04 Å². The van der Waals surface area contributed by atoms with Gasteiger partial charge in [0.2, 0.25) is 0 Å². The van der Waals surface area contributed by atoms with Gasteiger partial charge in [-0.3, -0.25) is 0 Å². The summed E-state index contributed by atoms with van der Waals surface area (Å²) in [6.45, 7) is 2.28. The molecule has 0 fully saturated rings. The molecule has 0 amide bonds. The maximum atomic E-state index is 5.42. The molecule has 1 aromatic rings. The Morgan fingerprint density at radius 2 is 1.65 bits per heavy atom. The SMILES string of the molecule is CO[Si](CCCSCC(C)c1ccccc1)(OC)OC. The van der Waals surface area contributed by atoms with Crippen molar-refractivity contribution < 1.29 is 13.3 Å².